The third-order valence-corrected chi connectivity index (χ3v) is 4.64. The number of hydrogen-bond acceptors (Lipinski definition) is 4. The molecule has 0 aliphatic rings. The zero-order chi connectivity index (χ0) is 17.4. The molecular weight excluding hydrogens is 334 g/mol. The molecule has 7 heteroatoms. The Morgan fingerprint density at radius 1 is 1.22 bits per heavy atom. The van der Waals surface area contributed by atoms with Gasteiger partial charge in [-0.25, -0.2) is 24.5 Å². The summed E-state index contributed by atoms with van der Waals surface area (Å²) < 4.78 is 6.98. The molecule has 0 spiro atoms. The molecule has 0 amide bonds. The second kappa shape index (κ2) is 6.17. The van der Waals surface area contributed by atoms with Gasteiger partial charge >= 0.3 is 5.97 Å². The van der Waals surface area contributed by atoms with E-state index in [4.69, 9.17) is 16.3 Å². The third kappa shape index (κ3) is 4.48. The van der Waals surface area contributed by atoms with Gasteiger partial charge in [-0.3, -0.25) is 0 Å². The standard InChI is InChI=1S/C16H22ClN3O2S/c1-16(2,3)22-15(21)11-7-8-12(18-14(11)17)20-10-9-13(19-20)23(4,5)6/h7-10H,1-6H3. The van der Waals surface area contributed by atoms with Crippen LogP contribution in [-0.2, 0) is 4.74 Å². The molecule has 0 atom stereocenters. The lowest BCUT2D eigenvalue weighted by Gasteiger charge is -2.21. The first kappa shape index (κ1) is 17.8. The van der Waals surface area contributed by atoms with Crippen molar-refractivity contribution in [1.82, 2.24) is 14.8 Å². The summed E-state index contributed by atoms with van der Waals surface area (Å²) in [6, 6.07) is 5.30. The Hall–Kier alpha value is -1.53. The quantitative estimate of drug-likeness (QED) is 0.618. The predicted octanol–water partition coefficient (Wildman–Crippen LogP) is 3.93. The normalized spacial score (nSPS) is 13.0. The third-order valence-electron chi connectivity index (χ3n) is 2.88. The number of esters is 1. The molecule has 0 fully saturated rings. The Morgan fingerprint density at radius 3 is 2.35 bits per heavy atom. The lowest BCUT2D eigenvalue weighted by molar-refractivity contribution is 0.00693. The molecule has 23 heavy (non-hydrogen) atoms. The summed E-state index contributed by atoms with van der Waals surface area (Å²) in [5.74, 6) is 0.0825. The Kier molecular flexibility index (Phi) is 4.78. The lowest BCUT2D eigenvalue weighted by atomic mass is 10.2. The summed E-state index contributed by atoms with van der Waals surface area (Å²) in [5.41, 5.74) is -0.329. The van der Waals surface area contributed by atoms with Crippen LogP contribution in [-0.4, -0.2) is 45.1 Å². The highest BCUT2D eigenvalue weighted by atomic mass is 35.5. The molecule has 126 valence electrons. The maximum atomic E-state index is 12.1. The van der Waals surface area contributed by atoms with E-state index in [0.29, 0.717) is 5.82 Å². The van der Waals surface area contributed by atoms with E-state index in [-0.39, 0.29) is 10.7 Å². The molecule has 5 nitrogen and oxygen atoms in total. The van der Waals surface area contributed by atoms with Crippen molar-refractivity contribution < 1.29 is 9.53 Å². The van der Waals surface area contributed by atoms with Gasteiger partial charge in [0.05, 0.1) is 5.56 Å². The van der Waals surface area contributed by atoms with Crippen molar-refractivity contribution in [3.05, 3.63) is 35.1 Å². The van der Waals surface area contributed by atoms with E-state index in [9.17, 15) is 4.79 Å². The van der Waals surface area contributed by atoms with E-state index < -0.39 is 21.6 Å². The van der Waals surface area contributed by atoms with Crippen LogP contribution < -0.4 is 0 Å². The second-order valence-electron chi connectivity index (χ2n) is 6.95. The van der Waals surface area contributed by atoms with Crippen LogP contribution in [0.1, 0.15) is 31.1 Å². The Balaban J connectivity index is 2.29. The Labute approximate surface area is 143 Å². The Bertz CT molecular complexity index is 730. The van der Waals surface area contributed by atoms with Crippen molar-refractivity contribution in [3.8, 4) is 5.82 Å². The van der Waals surface area contributed by atoms with E-state index in [2.05, 4.69) is 28.8 Å². The number of carbonyl (C=O) groups excluding carboxylic acids is 1. The number of rotatable bonds is 3. The predicted molar refractivity (Wildman–Crippen MR) is 95.2 cm³/mol. The van der Waals surface area contributed by atoms with Crippen LogP contribution in [0.15, 0.2) is 29.4 Å². The van der Waals surface area contributed by atoms with Crippen LogP contribution in [0.5, 0.6) is 0 Å². The van der Waals surface area contributed by atoms with Crippen LogP contribution in [0.3, 0.4) is 0 Å². The minimum Gasteiger partial charge on any atom is -0.456 e. The van der Waals surface area contributed by atoms with Crippen LogP contribution >= 0.6 is 21.6 Å². The molecule has 2 aromatic heterocycles. The zero-order valence-electron chi connectivity index (χ0n) is 14.3. The summed E-state index contributed by atoms with van der Waals surface area (Å²) in [5, 5.41) is 5.69. The molecule has 0 unspecified atom stereocenters. The molecule has 0 saturated heterocycles. The Morgan fingerprint density at radius 2 is 1.87 bits per heavy atom. The SMILES string of the molecule is CC(C)(C)OC(=O)c1ccc(-n2ccc(S(C)(C)C)n2)nc1Cl. The van der Waals surface area contributed by atoms with Crippen LogP contribution in [0.2, 0.25) is 5.15 Å². The van der Waals surface area contributed by atoms with Crippen molar-refractivity contribution in [2.75, 3.05) is 18.8 Å². The fourth-order valence-corrected chi connectivity index (χ4v) is 2.83. The number of hydrogen-bond donors (Lipinski definition) is 0. The van der Waals surface area contributed by atoms with E-state index in [1.54, 1.807) is 37.6 Å². The first-order valence-electron chi connectivity index (χ1n) is 7.12. The highest BCUT2D eigenvalue weighted by molar-refractivity contribution is 8.32. The van der Waals surface area contributed by atoms with Gasteiger partial charge in [0.15, 0.2) is 5.82 Å². The zero-order valence-corrected chi connectivity index (χ0v) is 15.8. The van der Waals surface area contributed by atoms with Crippen molar-refractivity contribution in [2.45, 2.75) is 31.4 Å². The topological polar surface area (TPSA) is 57.0 Å². The molecule has 2 aromatic rings. The van der Waals surface area contributed by atoms with Crippen LogP contribution in [0, 0.1) is 0 Å². The molecule has 0 aliphatic carbocycles. The van der Waals surface area contributed by atoms with Crippen LogP contribution in [0.25, 0.3) is 5.82 Å². The minimum absolute atomic E-state index is 0.108. The minimum atomic E-state index is -0.909. The van der Waals surface area contributed by atoms with Crippen LogP contribution in [0.4, 0.5) is 0 Å². The fourth-order valence-electron chi connectivity index (χ4n) is 1.80. The molecule has 0 N–H and O–H groups in total. The van der Waals surface area contributed by atoms with E-state index in [0.717, 1.165) is 5.03 Å². The molecule has 0 aromatic carbocycles. The van der Waals surface area contributed by atoms with Crippen molar-refractivity contribution in [1.29, 1.82) is 0 Å². The van der Waals surface area contributed by atoms with Gasteiger partial charge in [0.1, 0.15) is 15.8 Å². The molecule has 0 radical (unpaired) electrons. The molecule has 0 aliphatic heterocycles. The van der Waals surface area contributed by atoms with Gasteiger partial charge in [-0.2, -0.15) is 5.10 Å². The second-order valence-corrected chi connectivity index (χ2v) is 11.4. The number of aromatic nitrogens is 3. The highest BCUT2D eigenvalue weighted by Crippen LogP contribution is 2.43. The number of nitrogens with zero attached hydrogens (tertiary/aromatic N) is 3. The fraction of sp³-hybridized carbons (Fsp3) is 0.438. The first-order valence-corrected chi connectivity index (χ1v) is 10.4. The summed E-state index contributed by atoms with van der Waals surface area (Å²) in [6.45, 7) is 5.42. The summed E-state index contributed by atoms with van der Waals surface area (Å²) in [6.07, 6.45) is 8.36. The average Bonchev–Trinajstić information content (AvgIpc) is 2.85. The first-order chi connectivity index (χ1) is 10.5. The van der Waals surface area contributed by atoms with Crippen molar-refractivity contribution >= 4 is 27.6 Å². The number of ether oxygens (including phenoxy) is 1. The number of carbonyl (C=O) groups is 1. The van der Waals surface area contributed by atoms with Gasteiger partial charge < -0.3 is 4.74 Å². The average molecular weight is 356 g/mol. The van der Waals surface area contributed by atoms with E-state index in [1.807, 2.05) is 12.3 Å². The summed E-state index contributed by atoms with van der Waals surface area (Å²) >= 11 is 6.15. The smallest absolute Gasteiger partial charge is 0.341 e. The number of halogens is 1. The summed E-state index contributed by atoms with van der Waals surface area (Å²) in [4.78, 5) is 16.4. The van der Waals surface area contributed by atoms with Crippen molar-refractivity contribution in [3.63, 3.8) is 0 Å². The van der Waals surface area contributed by atoms with Gasteiger partial charge in [-0.1, -0.05) is 11.6 Å². The molecule has 0 bridgehead atoms. The maximum Gasteiger partial charge on any atom is 0.341 e. The molecule has 2 heterocycles. The van der Waals surface area contributed by atoms with E-state index >= 15 is 0 Å². The highest BCUT2D eigenvalue weighted by Gasteiger charge is 2.21. The van der Waals surface area contributed by atoms with E-state index in [1.165, 1.54) is 0 Å². The van der Waals surface area contributed by atoms with Gasteiger partial charge in [-0.15, -0.1) is 0 Å². The number of pyridine rings is 1. The van der Waals surface area contributed by atoms with Gasteiger partial charge in [0.25, 0.3) is 0 Å². The maximum absolute atomic E-state index is 12.1. The van der Waals surface area contributed by atoms with Crippen molar-refractivity contribution in [2.24, 2.45) is 0 Å². The van der Waals surface area contributed by atoms with Gasteiger partial charge in [-0.05, 0) is 57.7 Å². The monoisotopic (exact) mass is 355 g/mol. The lowest BCUT2D eigenvalue weighted by Crippen LogP contribution is -2.24. The van der Waals surface area contributed by atoms with Gasteiger partial charge in [0, 0.05) is 6.20 Å². The molecular formula is C16H22ClN3O2S. The summed E-state index contributed by atoms with van der Waals surface area (Å²) in [7, 11) is -0.909. The molecule has 0 saturated carbocycles. The largest absolute Gasteiger partial charge is 0.456 e. The molecule has 2 rings (SSSR count). The van der Waals surface area contributed by atoms with Gasteiger partial charge in [0.2, 0.25) is 0 Å².